The standard InChI is InChI=1S/C18H22N2O/c1-3-12-20(13-15-9-5-7-11-17(15)19)18(21)16-10-6-4-8-14(16)2/h4-11H,3,12-13,19H2,1-2H3. The van der Waals surface area contributed by atoms with Crippen molar-refractivity contribution in [1.29, 1.82) is 0 Å². The van der Waals surface area contributed by atoms with Crippen molar-refractivity contribution in [3.8, 4) is 0 Å². The molecule has 0 fully saturated rings. The molecule has 0 saturated heterocycles. The summed E-state index contributed by atoms with van der Waals surface area (Å²) < 4.78 is 0. The zero-order chi connectivity index (χ0) is 15.2. The van der Waals surface area contributed by atoms with Gasteiger partial charge in [0.05, 0.1) is 0 Å². The van der Waals surface area contributed by atoms with Gasteiger partial charge in [-0.15, -0.1) is 0 Å². The first kappa shape index (κ1) is 15.1. The number of carbonyl (C=O) groups excluding carboxylic acids is 1. The highest BCUT2D eigenvalue weighted by Crippen LogP contribution is 2.17. The quantitative estimate of drug-likeness (QED) is 0.851. The molecule has 0 aliphatic carbocycles. The van der Waals surface area contributed by atoms with Crippen molar-refractivity contribution in [1.82, 2.24) is 4.90 Å². The molecule has 2 aromatic rings. The Morgan fingerprint density at radius 1 is 1.10 bits per heavy atom. The summed E-state index contributed by atoms with van der Waals surface area (Å²) in [6.07, 6.45) is 0.921. The van der Waals surface area contributed by atoms with Crippen LogP contribution in [0.15, 0.2) is 48.5 Å². The van der Waals surface area contributed by atoms with Crippen LogP contribution in [0.1, 0.15) is 34.8 Å². The minimum atomic E-state index is 0.0678. The van der Waals surface area contributed by atoms with Gasteiger partial charge in [0.15, 0.2) is 0 Å². The SMILES string of the molecule is CCCN(Cc1ccccc1N)C(=O)c1ccccc1C. The molecule has 0 aromatic heterocycles. The van der Waals surface area contributed by atoms with E-state index in [2.05, 4.69) is 6.92 Å². The number of rotatable bonds is 5. The fourth-order valence-corrected chi connectivity index (χ4v) is 2.39. The second kappa shape index (κ2) is 6.93. The van der Waals surface area contributed by atoms with E-state index in [-0.39, 0.29) is 5.91 Å². The minimum Gasteiger partial charge on any atom is -0.398 e. The average molecular weight is 282 g/mol. The van der Waals surface area contributed by atoms with E-state index >= 15 is 0 Å². The van der Waals surface area contributed by atoms with Crippen molar-refractivity contribution >= 4 is 11.6 Å². The molecule has 0 radical (unpaired) electrons. The summed E-state index contributed by atoms with van der Waals surface area (Å²) in [5.74, 6) is 0.0678. The van der Waals surface area contributed by atoms with E-state index in [1.807, 2.05) is 60.4 Å². The topological polar surface area (TPSA) is 46.3 Å². The fourth-order valence-electron chi connectivity index (χ4n) is 2.39. The second-order valence-corrected chi connectivity index (χ2v) is 5.24. The van der Waals surface area contributed by atoms with Gasteiger partial charge < -0.3 is 10.6 Å². The lowest BCUT2D eigenvalue weighted by atomic mass is 10.1. The summed E-state index contributed by atoms with van der Waals surface area (Å²) in [6.45, 7) is 5.32. The Morgan fingerprint density at radius 3 is 2.43 bits per heavy atom. The van der Waals surface area contributed by atoms with Crippen molar-refractivity contribution in [3.05, 3.63) is 65.2 Å². The molecule has 1 amide bonds. The Bertz CT molecular complexity index is 622. The number of benzene rings is 2. The van der Waals surface area contributed by atoms with Crippen LogP contribution in [-0.4, -0.2) is 17.4 Å². The Kier molecular flexibility index (Phi) is 4.99. The van der Waals surface area contributed by atoms with Crippen LogP contribution in [0.3, 0.4) is 0 Å². The van der Waals surface area contributed by atoms with Gasteiger partial charge in [0.25, 0.3) is 5.91 Å². The molecular formula is C18H22N2O. The maximum absolute atomic E-state index is 12.8. The van der Waals surface area contributed by atoms with Crippen molar-refractivity contribution in [2.24, 2.45) is 0 Å². The van der Waals surface area contributed by atoms with Crippen molar-refractivity contribution in [3.63, 3.8) is 0 Å². The van der Waals surface area contributed by atoms with Gasteiger partial charge in [0.1, 0.15) is 0 Å². The monoisotopic (exact) mass is 282 g/mol. The molecule has 0 saturated carbocycles. The Morgan fingerprint density at radius 2 is 1.76 bits per heavy atom. The highest BCUT2D eigenvalue weighted by molar-refractivity contribution is 5.95. The Labute approximate surface area is 126 Å². The molecule has 110 valence electrons. The number of aryl methyl sites for hydroxylation is 1. The minimum absolute atomic E-state index is 0.0678. The second-order valence-electron chi connectivity index (χ2n) is 5.24. The van der Waals surface area contributed by atoms with Gasteiger partial charge >= 0.3 is 0 Å². The molecule has 0 aliphatic rings. The summed E-state index contributed by atoms with van der Waals surface area (Å²) in [6, 6.07) is 15.4. The largest absolute Gasteiger partial charge is 0.398 e. The molecule has 3 heteroatoms. The molecule has 0 unspecified atom stereocenters. The van der Waals surface area contributed by atoms with E-state index in [0.29, 0.717) is 6.54 Å². The van der Waals surface area contributed by atoms with E-state index in [1.54, 1.807) is 0 Å². The smallest absolute Gasteiger partial charge is 0.254 e. The van der Waals surface area contributed by atoms with Crippen molar-refractivity contribution in [2.75, 3.05) is 12.3 Å². The lowest BCUT2D eigenvalue weighted by Crippen LogP contribution is -2.32. The Balaban J connectivity index is 2.25. The molecule has 0 heterocycles. The third-order valence-corrected chi connectivity index (χ3v) is 3.57. The number of anilines is 1. The van der Waals surface area contributed by atoms with Crippen LogP contribution < -0.4 is 5.73 Å². The van der Waals surface area contributed by atoms with Gasteiger partial charge in [-0.3, -0.25) is 4.79 Å². The highest BCUT2D eigenvalue weighted by Gasteiger charge is 2.17. The van der Waals surface area contributed by atoms with E-state index in [1.165, 1.54) is 0 Å². The molecule has 21 heavy (non-hydrogen) atoms. The molecule has 0 aliphatic heterocycles. The van der Waals surface area contributed by atoms with Gasteiger partial charge in [0.2, 0.25) is 0 Å². The summed E-state index contributed by atoms with van der Waals surface area (Å²) in [5, 5.41) is 0. The molecule has 2 rings (SSSR count). The zero-order valence-corrected chi connectivity index (χ0v) is 12.7. The first-order valence-electron chi connectivity index (χ1n) is 7.31. The number of carbonyl (C=O) groups is 1. The first-order chi connectivity index (χ1) is 10.1. The molecule has 3 nitrogen and oxygen atoms in total. The van der Waals surface area contributed by atoms with Crippen LogP contribution in [0.4, 0.5) is 5.69 Å². The van der Waals surface area contributed by atoms with Crippen molar-refractivity contribution < 1.29 is 4.79 Å². The number of nitrogens with zero attached hydrogens (tertiary/aromatic N) is 1. The maximum atomic E-state index is 12.8. The normalized spacial score (nSPS) is 10.4. The van der Waals surface area contributed by atoms with E-state index < -0.39 is 0 Å². The first-order valence-corrected chi connectivity index (χ1v) is 7.31. The lowest BCUT2D eigenvalue weighted by Gasteiger charge is -2.24. The number of para-hydroxylation sites is 1. The van der Waals surface area contributed by atoms with Gasteiger partial charge in [0, 0.05) is 24.3 Å². The molecule has 2 N–H and O–H groups in total. The number of hydrogen-bond donors (Lipinski definition) is 1. The van der Waals surface area contributed by atoms with Gasteiger partial charge in [-0.25, -0.2) is 0 Å². The summed E-state index contributed by atoms with van der Waals surface area (Å²) >= 11 is 0. The van der Waals surface area contributed by atoms with E-state index in [9.17, 15) is 4.79 Å². The third-order valence-electron chi connectivity index (χ3n) is 3.57. The van der Waals surface area contributed by atoms with Crippen LogP contribution >= 0.6 is 0 Å². The summed E-state index contributed by atoms with van der Waals surface area (Å²) in [5.41, 5.74) is 9.49. The van der Waals surface area contributed by atoms with Crippen molar-refractivity contribution in [2.45, 2.75) is 26.8 Å². The predicted molar refractivity (Wildman–Crippen MR) is 87.1 cm³/mol. The number of hydrogen-bond acceptors (Lipinski definition) is 2. The molecule has 0 spiro atoms. The van der Waals surface area contributed by atoms with Gasteiger partial charge in [-0.2, -0.15) is 0 Å². The molecular weight excluding hydrogens is 260 g/mol. The number of amides is 1. The van der Waals surface area contributed by atoms with Crippen LogP contribution in [0, 0.1) is 6.92 Å². The summed E-state index contributed by atoms with van der Waals surface area (Å²) in [7, 11) is 0. The molecule has 2 aromatic carbocycles. The lowest BCUT2D eigenvalue weighted by molar-refractivity contribution is 0.0743. The molecule has 0 bridgehead atoms. The van der Waals surface area contributed by atoms with Crippen LogP contribution in [0.25, 0.3) is 0 Å². The average Bonchev–Trinajstić information content (AvgIpc) is 2.49. The van der Waals surface area contributed by atoms with Crippen LogP contribution in [0.2, 0.25) is 0 Å². The zero-order valence-electron chi connectivity index (χ0n) is 12.7. The van der Waals surface area contributed by atoms with E-state index in [4.69, 9.17) is 5.73 Å². The third kappa shape index (κ3) is 3.63. The molecule has 0 atom stereocenters. The number of nitrogen functional groups attached to an aromatic ring is 1. The number of nitrogens with two attached hydrogens (primary N) is 1. The fraction of sp³-hybridized carbons (Fsp3) is 0.278. The summed E-state index contributed by atoms with van der Waals surface area (Å²) in [4.78, 5) is 14.6. The Hall–Kier alpha value is -2.29. The highest BCUT2D eigenvalue weighted by atomic mass is 16.2. The van der Waals surface area contributed by atoms with Crippen LogP contribution in [0.5, 0.6) is 0 Å². The predicted octanol–water partition coefficient (Wildman–Crippen LogP) is 3.63. The van der Waals surface area contributed by atoms with Gasteiger partial charge in [-0.05, 0) is 36.6 Å². The van der Waals surface area contributed by atoms with Gasteiger partial charge in [-0.1, -0.05) is 43.3 Å². The maximum Gasteiger partial charge on any atom is 0.254 e. The van der Waals surface area contributed by atoms with Crippen LogP contribution in [-0.2, 0) is 6.54 Å². The van der Waals surface area contributed by atoms with E-state index in [0.717, 1.165) is 35.3 Å².